The molecule has 2 aliphatic rings. The van der Waals surface area contributed by atoms with E-state index in [2.05, 4.69) is 16.0 Å². The van der Waals surface area contributed by atoms with E-state index in [1.807, 2.05) is 0 Å². The van der Waals surface area contributed by atoms with Crippen molar-refractivity contribution in [3.05, 3.63) is 16.5 Å². The Labute approximate surface area is 144 Å². The van der Waals surface area contributed by atoms with Crippen molar-refractivity contribution in [3.8, 4) is 6.07 Å². The molecule has 23 heavy (non-hydrogen) atoms. The Hall–Kier alpha value is -1.85. The first-order valence-electron chi connectivity index (χ1n) is 7.47. The van der Waals surface area contributed by atoms with Crippen molar-refractivity contribution >= 4 is 46.2 Å². The van der Waals surface area contributed by atoms with Gasteiger partial charge in [-0.2, -0.15) is 10.2 Å². The number of hydrogen-bond donors (Lipinski definition) is 0. The third kappa shape index (κ3) is 3.26. The zero-order valence-electron chi connectivity index (χ0n) is 12.7. The fourth-order valence-electron chi connectivity index (χ4n) is 2.61. The summed E-state index contributed by atoms with van der Waals surface area (Å²) in [5.41, 5.74) is 0.269. The van der Waals surface area contributed by atoms with Gasteiger partial charge in [-0.15, -0.1) is 0 Å². The molecule has 2 saturated heterocycles. The van der Waals surface area contributed by atoms with Crippen LogP contribution in [-0.4, -0.2) is 40.2 Å². The third-order valence-electron chi connectivity index (χ3n) is 3.87. The van der Waals surface area contributed by atoms with E-state index in [9.17, 15) is 10.1 Å². The average molecular weight is 348 g/mol. The fraction of sp³-hybridized carbons (Fsp3) is 0.467. The number of nitrogens with zero attached hydrogens (tertiary/aromatic N) is 4. The average Bonchev–Trinajstić information content (AvgIpc) is 2.90. The summed E-state index contributed by atoms with van der Waals surface area (Å²) in [7, 11) is 1.64. The van der Waals surface area contributed by atoms with Gasteiger partial charge in [0.1, 0.15) is 10.4 Å². The molecule has 8 heteroatoms. The summed E-state index contributed by atoms with van der Waals surface area (Å²) in [6.45, 7) is 1.72. The molecular formula is C15H16N4O2S2. The zero-order valence-corrected chi connectivity index (χ0v) is 14.4. The van der Waals surface area contributed by atoms with Crippen molar-refractivity contribution in [3.63, 3.8) is 0 Å². The lowest BCUT2D eigenvalue weighted by atomic mass is 10.2. The van der Waals surface area contributed by atoms with Crippen LogP contribution in [0, 0.1) is 11.3 Å². The van der Waals surface area contributed by atoms with Gasteiger partial charge in [-0.25, -0.2) is 0 Å². The number of likely N-dealkylation sites (N-methyl/N-ethyl adjacent to an activating group) is 1. The summed E-state index contributed by atoms with van der Waals surface area (Å²) in [4.78, 5) is 20.2. The zero-order chi connectivity index (χ0) is 16.4. The van der Waals surface area contributed by atoms with Crippen molar-refractivity contribution in [2.45, 2.75) is 25.7 Å². The van der Waals surface area contributed by atoms with Gasteiger partial charge in [0.2, 0.25) is 17.5 Å². The highest BCUT2D eigenvalue weighted by Gasteiger charge is 2.30. The number of carbonyl (C=O) groups excluding carboxylic acids is 1. The molecule has 0 bridgehead atoms. The Balaban J connectivity index is 1.89. The molecule has 1 amide bonds. The molecule has 0 aromatic carbocycles. The summed E-state index contributed by atoms with van der Waals surface area (Å²) in [6, 6.07) is 2.08. The number of hydrogen-bond acceptors (Lipinski definition) is 7. The minimum absolute atomic E-state index is 0.173. The number of aromatic nitrogens is 1. The summed E-state index contributed by atoms with van der Waals surface area (Å²) in [5, 5.41) is 9.31. The smallest absolute Gasteiger partial charge is 0.266 e. The Morgan fingerprint density at radius 2 is 2.04 bits per heavy atom. The highest BCUT2D eigenvalue weighted by molar-refractivity contribution is 8.26. The van der Waals surface area contributed by atoms with Crippen molar-refractivity contribution in [1.82, 2.24) is 9.88 Å². The topological polar surface area (TPSA) is 73.4 Å². The van der Waals surface area contributed by atoms with Crippen LogP contribution in [0.25, 0.3) is 6.08 Å². The van der Waals surface area contributed by atoms with Gasteiger partial charge >= 0.3 is 0 Å². The van der Waals surface area contributed by atoms with Gasteiger partial charge in [0, 0.05) is 26.2 Å². The highest BCUT2D eigenvalue weighted by atomic mass is 32.2. The summed E-state index contributed by atoms with van der Waals surface area (Å²) < 4.78 is 6.27. The number of thioether (sulfide) groups is 1. The van der Waals surface area contributed by atoms with E-state index in [0.29, 0.717) is 15.1 Å². The lowest BCUT2D eigenvalue weighted by Gasteiger charge is -2.18. The first-order chi connectivity index (χ1) is 11.1. The Morgan fingerprint density at radius 3 is 2.61 bits per heavy atom. The lowest BCUT2D eigenvalue weighted by Crippen LogP contribution is -2.24. The third-order valence-corrected chi connectivity index (χ3v) is 5.35. The molecule has 0 radical (unpaired) electrons. The number of carbonyl (C=O) groups is 1. The maximum Gasteiger partial charge on any atom is 0.266 e. The molecule has 0 N–H and O–H groups in total. The number of amides is 1. The lowest BCUT2D eigenvalue weighted by molar-refractivity contribution is -0.121. The highest BCUT2D eigenvalue weighted by Crippen LogP contribution is 2.32. The van der Waals surface area contributed by atoms with Crippen LogP contribution in [0.5, 0.6) is 0 Å². The maximum atomic E-state index is 12.0. The molecule has 0 spiro atoms. The van der Waals surface area contributed by atoms with Crippen molar-refractivity contribution in [1.29, 1.82) is 5.26 Å². The number of rotatable bonds is 2. The molecule has 120 valence electrons. The van der Waals surface area contributed by atoms with Gasteiger partial charge in [0.15, 0.2) is 0 Å². The van der Waals surface area contributed by atoms with Crippen LogP contribution in [0.2, 0.25) is 0 Å². The first kappa shape index (κ1) is 16.0. The van der Waals surface area contributed by atoms with Crippen LogP contribution in [0.1, 0.15) is 37.3 Å². The second-order valence-corrected chi connectivity index (χ2v) is 7.14. The molecule has 1 aromatic rings. The van der Waals surface area contributed by atoms with Gasteiger partial charge in [0.05, 0.1) is 4.91 Å². The van der Waals surface area contributed by atoms with Gasteiger partial charge in [-0.05, 0) is 12.8 Å². The molecule has 3 rings (SSSR count). The number of anilines is 1. The minimum atomic E-state index is -0.173. The van der Waals surface area contributed by atoms with Crippen LogP contribution in [0.3, 0.4) is 0 Å². The van der Waals surface area contributed by atoms with Crippen LogP contribution < -0.4 is 4.90 Å². The molecule has 2 aliphatic heterocycles. The van der Waals surface area contributed by atoms with E-state index in [1.165, 1.54) is 29.5 Å². The van der Waals surface area contributed by atoms with Crippen molar-refractivity contribution in [2.75, 3.05) is 25.0 Å². The molecule has 0 aliphatic carbocycles. The minimum Gasteiger partial charge on any atom is -0.420 e. The van der Waals surface area contributed by atoms with E-state index in [4.69, 9.17) is 16.6 Å². The quantitative estimate of drug-likeness (QED) is 0.601. The molecule has 3 heterocycles. The molecule has 0 unspecified atom stereocenters. The van der Waals surface area contributed by atoms with Crippen LogP contribution in [0.15, 0.2) is 9.32 Å². The van der Waals surface area contributed by atoms with Gasteiger partial charge in [-0.1, -0.05) is 36.8 Å². The number of oxazole rings is 1. The largest absolute Gasteiger partial charge is 0.420 e. The van der Waals surface area contributed by atoms with Crippen LogP contribution in [0.4, 0.5) is 5.88 Å². The number of nitriles is 1. The standard InChI is InChI=1S/C15H16N4O2S2/c1-18-13(20)11(23-15(18)22)8-12-17-10(9-16)14(21-12)19-6-4-2-3-5-7-19/h8H,2-7H2,1H3/b11-8+. The van der Waals surface area contributed by atoms with Gasteiger partial charge < -0.3 is 9.32 Å². The van der Waals surface area contributed by atoms with E-state index in [-0.39, 0.29) is 17.5 Å². The Kier molecular flexibility index (Phi) is 4.68. The summed E-state index contributed by atoms with van der Waals surface area (Å²) in [5.74, 6) is 0.607. The van der Waals surface area contributed by atoms with Crippen molar-refractivity contribution in [2.24, 2.45) is 0 Å². The molecule has 0 saturated carbocycles. The van der Waals surface area contributed by atoms with E-state index < -0.39 is 0 Å². The summed E-state index contributed by atoms with van der Waals surface area (Å²) >= 11 is 6.31. The SMILES string of the molecule is CN1C(=O)/C(=C\c2nc(C#N)c(N3CCCCCC3)o2)SC1=S. The monoisotopic (exact) mass is 348 g/mol. The van der Waals surface area contributed by atoms with Gasteiger partial charge in [0.25, 0.3) is 5.91 Å². The first-order valence-corrected chi connectivity index (χ1v) is 8.70. The van der Waals surface area contributed by atoms with E-state index >= 15 is 0 Å². The van der Waals surface area contributed by atoms with Crippen LogP contribution >= 0.6 is 24.0 Å². The maximum absolute atomic E-state index is 12.0. The second kappa shape index (κ2) is 6.72. The molecule has 2 fully saturated rings. The van der Waals surface area contributed by atoms with Gasteiger partial charge in [-0.3, -0.25) is 9.69 Å². The van der Waals surface area contributed by atoms with Crippen LogP contribution in [-0.2, 0) is 4.79 Å². The molecule has 6 nitrogen and oxygen atoms in total. The molecular weight excluding hydrogens is 332 g/mol. The van der Waals surface area contributed by atoms with Crippen molar-refractivity contribution < 1.29 is 9.21 Å². The Morgan fingerprint density at radius 1 is 1.35 bits per heavy atom. The van der Waals surface area contributed by atoms with E-state index in [1.54, 1.807) is 13.1 Å². The van der Waals surface area contributed by atoms with E-state index in [0.717, 1.165) is 25.9 Å². The summed E-state index contributed by atoms with van der Waals surface area (Å²) in [6.07, 6.45) is 6.10. The molecule has 0 atom stereocenters. The normalized spacial score (nSPS) is 21.0. The second-order valence-electron chi connectivity index (χ2n) is 5.46. The predicted molar refractivity (Wildman–Crippen MR) is 92.8 cm³/mol. The number of thiocarbonyl (C=S) groups is 1. The molecule has 1 aromatic heterocycles. The predicted octanol–water partition coefficient (Wildman–Crippen LogP) is 2.76. The Bertz CT molecular complexity index is 712. The fourth-order valence-corrected chi connectivity index (χ4v) is 3.75.